The number of carbonyl (C=O) groups excluding carboxylic acids is 1. The standard InChI is InChI=1S/C15H21N3OS/c1-18(15(19)9-3-2-6-10-16)11-14-17-12-7-4-5-8-13(12)20-14/h4-5,7-8H,2-3,6,9-11,16H2,1H3. The van der Waals surface area contributed by atoms with Crippen LogP contribution < -0.4 is 5.73 Å². The van der Waals surface area contributed by atoms with Crippen molar-refractivity contribution in [2.75, 3.05) is 13.6 Å². The molecule has 108 valence electrons. The molecule has 0 bridgehead atoms. The number of unbranched alkanes of at least 4 members (excludes halogenated alkanes) is 2. The van der Waals surface area contributed by atoms with Gasteiger partial charge < -0.3 is 10.6 Å². The molecule has 5 heteroatoms. The number of carbonyl (C=O) groups is 1. The average Bonchev–Trinajstić information content (AvgIpc) is 2.85. The Morgan fingerprint density at radius 3 is 2.85 bits per heavy atom. The molecule has 20 heavy (non-hydrogen) atoms. The minimum absolute atomic E-state index is 0.182. The maximum atomic E-state index is 12.0. The lowest BCUT2D eigenvalue weighted by Crippen LogP contribution is -2.25. The van der Waals surface area contributed by atoms with E-state index in [9.17, 15) is 4.79 Å². The summed E-state index contributed by atoms with van der Waals surface area (Å²) >= 11 is 1.65. The monoisotopic (exact) mass is 291 g/mol. The highest BCUT2D eigenvalue weighted by Gasteiger charge is 2.11. The van der Waals surface area contributed by atoms with E-state index in [-0.39, 0.29) is 5.91 Å². The first kappa shape index (κ1) is 14.9. The van der Waals surface area contributed by atoms with Crippen LogP contribution in [-0.2, 0) is 11.3 Å². The number of rotatable bonds is 7. The Morgan fingerprint density at radius 1 is 1.30 bits per heavy atom. The van der Waals surface area contributed by atoms with Gasteiger partial charge in [-0.05, 0) is 31.5 Å². The van der Waals surface area contributed by atoms with E-state index in [0.717, 1.165) is 29.8 Å². The van der Waals surface area contributed by atoms with E-state index in [4.69, 9.17) is 5.73 Å². The van der Waals surface area contributed by atoms with Gasteiger partial charge in [0, 0.05) is 13.5 Å². The molecular weight excluding hydrogens is 270 g/mol. The molecule has 1 amide bonds. The number of benzene rings is 1. The summed E-state index contributed by atoms with van der Waals surface area (Å²) in [6, 6.07) is 8.06. The number of amides is 1. The third kappa shape index (κ3) is 4.02. The van der Waals surface area contributed by atoms with Crippen molar-refractivity contribution in [1.82, 2.24) is 9.88 Å². The third-order valence-electron chi connectivity index (χ3n) is 3.23. The van der Waals surface area contributed by atoms with Crippen LogP contribution in [0.4, 0.5) is 0 Å². The second kappa shape index (κ2) is 7.36. The van der Waals surface area contributed by atoms with E-state index < -0.39 is 0 Å². The highest BCUT2D eigenvalue weighted by Crippen LogP contribution is 2.22. The number of aromatic nitrogens is 1. The largest absolute Gasteiger partial charge is 0.339 e. The zero-order valence-electron chi connectivity index (χ0n) is 11.8. The Bertz CT molecular complexity index is 534. The van der Waals surface area contributed by atoms with E-state index >= 15 is 0 Å². The number of thiazole rings is 1. The fourth-order valence-electron chi connectivity index (χ4n) is 2.07. The maximum Gasteiger partial charge on any atom is 0.222 e. The van der Waals surface area contributed by atoms with E-state index in [1.54, 1.807) is 16.2 Å². The summed E-state index contributed by atoms with van der Waals surface area (Å²) in [4.78, 5) is 18.3. The average molecular weight is 291 g/mol. The smallest absolute Gasteiger partial charge is 0.222 e. The van der Waals surface area contributed by atoms with Gasteiger partial charge >= 0.3 is 0 Å². The number of fused-ring (bicyclic) bond motifs is 1. The third-order valence-corrected chi connectivity index (χ3v) is 4.25. The van der Waals surface area contributed by atoms with Crippen molar-refractivity contribution >= 4 is 27.5 Å². The van der Waals surface area contributed by atoms with Crippen molar-refractivity contribution in [1.29, 1.82) is 0 Å². The minimum Gasteiger partial charge on any atom is -0.339 e. The molecule has 1 aromatic heterocycles. The van der Waals surface area contributed by atoms with Gasteiger partial charge in [0.15, 0.2) is 0 Å². The van der Waals surface area contributed by atoms with E-state index in [1.165, 1.54) is 4.70 Å². The first-order valence-corrected chi connectivity index (χ1v) is 7.81. The maximum absolute atomic E-state index is 12.0. The molecule has 0 fully saturated rings. The van der Waals surface area contributed by atoms with Gasteiger partial charge in [0.05, 0.1) is 16.8 Å². The predicted molar refractivity (Wildman–Crippen MR) is 83.6 cm³/mol. The summed E-state index contributed by atoms with van der Waals surface area (Å²) in [6.45, 7) is 1.30. The number of hydrogen-bond acceptors (Lipinski definition) is 4. The zero-order valence-corrected chi connectivity index (χ0v) is 12.7. The summed E-state index contributed by atoms with van der Waals surface area (Å²) in [7, 11) is 1.84. The van der Waals surface area contributed by atoms with Crippen LogP contribution in [0.15, 0.2) is 24.3 Å². The molecule has 1 aromatic carbocycles. The quantitative estimate of drug-likeness (QED) is 0.798. The van der Waals surface area contributed by atoms with Crippen LogP contribution in [0.1, 0.15) is 30.7 Å². The summed E-state index contributed by atoms with van der Waals surface area (Å²) in [5.74, 6) is 0.182. The molecule has 0 radical (unpaired) electrons. The van der Waals surface area contributed by atoms with E-state index in [2.05, 4.69) is 11.1 Å². The molecule has 1 heterocycles. The van der Waals surface area contributed by atoms with Crippen LogP contribution >= 0.6 is 11.3 Å². The Labute approximate surface area is 123 Å². The highest BCUT2D eigenvalue weighted by atomic mass is 32.1. The van der Waals surface area contributed by atoms with Crippen LogP contribution in [-0.4, -0.2) is 29.4 Å². The fraction of sp³-hybridized carbons (Fsp3) is 0.467. The molecule has 0 spiro atoms. The van der Waals surface area contributed by atoms with Gasteiger partial charge in [-0.15, -0.1) is 11.3 Å². The Morgan fingerprint density at radius 2 is 2.10 bits per heavy atom. The van der Waals surface area contributed by atoms with Gasteiger partial charge in [0.25, 0.3) is 0 Å². The van der Waals surface area contributed by atoms with Gasteiger partial charge in [0.1, 0.15) is 5.01 Å². The Balaban J connectivity index is 1.86. The number of nitrogens with two attached hydrogens (primary N) is 1. The molecule has 2 rings (SSSR count). The lowest BCUT2D eigenvalue weighted by Gasteiger charge is -2.15. The lowest BCUT2D eigenvalue weighted by atomic mass is 10.2. The fourth-order valence-corrected chi connectivity index (χ4v) is 3.09. The van der Waals surface area contributed by atoms with Gasteiger partial charge in [-0.25, -0.2) is 4.98 Å². The van der Waals surface area contributed by atoms with Crippen molar-refractivity contribution in [3.8, 4) is 0 Å². The molecule has 0 aliphatic heterocycles. The van der Waals surface area contributed by atoms with Crippen LogP contribution in [0.5, 0.6) is 0 Å². The number of nitrogens with zero attached hydrogens (tertiary/aromatic N) is 2. The Hall–Kier alpha value is -1.46. The van der Waals surface area contributed by atoms with Crippen LogP contribution in [0.3, 0.4) is 0 Å². The molecule has 0 saturated carbocycles. The zero-order chi connectivity index (χ0) is 14.4. The van der Waals surface area contributed by atoms with Crippen LogP contribution in [0, 0.1) is 0 Å². The first-order chi connectivity index (χ1) is 9.70. The second-order valence-electron chi connectivity index (χ2n) is 4.92. The van der Waals surface area contributed by atoms with Gasteiger partial charge in [-0.3, -0.25) is 4.79 Å². The summed E-state index contributed by atoms with van der Waals surface area (Å²) in [5.41, 5.74) is 6.45. The number of para-hydroxylation sites is 1. The molecular formula is C15H21N3OS. The summed E-state index contributed by atoms with van der Waals surface area (Å²) in [6.07, 6.45) is 3.54. The molecule has 0 unspecified atom stereocenters. The second-order valence-corrected chi connectivity index (χ2v) is 6.04. The lowest BCUT2D eigenvalue weighted by molar-refractivity contribution is -0.130. The van der Waals surface area contributed by atoms with Crippen molar-refractivity contribution in [3.05, 3.63) is 29.3 Å². The van der Waals surface area contributed by atoms with Crippen LogP contribution in [0.25, 0.3) is 10.2 Å². The van der Waals surface area contributed by atoms with Crippen LogP contribution in [0.2, 0.25) is 0 Å². The predicted octanol–water partition coefficient (Wildman–Crippen LogP) is 2.77. The SMILES string of the molecule is CN(Cc1nc2ccccc2s1)C(=O)CCCCCN. The molecule has 0 aliphatic rings. The summed E-state index contributed by atoms with van der Waals surface area (Å²) in [5, 5.41) is 0.990. The van der Waals surface area contributed by atoms with Crippen molar-refractivity contribution < 1.29 is 4.79 Å². The molecule has 2 N–H and O–H groups in total. The normalized spacial score (nSPS) is 10.9. The molecule has 4 nitrogen and oxygen atoms in total. The van der Waals surface area contributed by atoms with Crippen molar-refractivity contribution in [2.45, 2.75) is 32.2 Å². The molecule has 0 atom stereocenters. The minimum atomic E-state index is 0.182. The van der Waals surface area contributed by atoms with Crippen molar-refractivity contribution in [3.63, 3.8) is 0 Å². The molecule has 0 saturated heterocycles. The summed E-state index contributed by atoms with van der Waals surface area (Å²) < 4.78 is 1.17. The molecule has 2 aromatic rings. The van der Waals surface area contributed by atoms with Crippen molar-refractivity contribution in [2.24, 2.45) is 5.73 Å². The molecule has 0 aliphatic carbocycles. The van der Waals surface area contributed by atoms with Gasteiger partial charge in [0.2, 0.25) is 5.91 Å². The Kier molecular flexibility index (Phi) is 5.49. The van der Waals surface area contributed by atoms with E-state index in [0.29, 0.717) is 19.5 Å². The highest BCUT2D eigenvalue weighted by molar-refractivity contribution is 7.18. The first-order valence-electron chi connectivity index (χ1n) is 6.99. The number of hydrogen-bond donors (Lipinski definition) is 1. The topological polar surface area (TPSA) is 59.2 Å². The van der Waals surface area contributed by atoms with Gasteiger partial charge in [-0.1, -0.05) is 18.6 Å². The van der Waals surface area contributed by atoms with E-state index in [1.807, 2.05) is 25.2 Å². The van der Waals surface area contributed by atoms with Gasteiger partial charge in [-0.2, -0.15) is 0 Å².